The first kappa shape index (κ1) is 16.1. The number of phenolic OH excluding ortho intramolecular Hbond substituents is 1. The van der Waals surface area contributed by atoms with Gasteiger partial charge in [0.05, 0.1) is 5.92 Å². The van der Waals surface area contributed by atoms with Crippen molar-refractivity contribution in [3.63, 3.8) is 0 Å². The van der Waals surface area contributed by atoms with Gasteiger partial charge in [-0.15, -0.1) is 0 Å². The molecule has 6 heteroatoms. The van der Waals surface area contributed by atoms with E-state index in [9.17, 15) is 14.7 Å². The number of aromatic hydroxyl groups is 1. The lowest BCUT2D eigenvalue weighted by Gasteiger charge is -2.30. The number of piperidine rings is 1. The number of aryl methyl sites for hydroxylation is 1. The van der Waals surface area contributed by atoms with Gasteiger partial charge in [0.15, 0.2) is 0 Å². The van der Waals surface area contributed by atoms with Crippen LogP contribution in [0.15, 0.2) is 24.3 Å². The molecule has 4 N–H and O–H groups in total. The molecule has 0 aliphatic carbocycles. The Labute approximate surface area is 130 Å². The first-order chi connectivity index (χ1) is 10.6. The SMILES string of the molecule is NC(=O)N1CCC[C@H](C(=O)NCCCc2ccc(O)cc2)C1. The molecule has 1 aliphatic heterocycles. The van der Waals surface area contributed by atoms with E-state index >= 15 is 0 Å². The molecule has 1 aliphatic rings. The average Bonchev–Trinajstić information content (AvgIpc) is 2.53. The van der Waals surface area contributed by atoms with Crippen molar-refractivity contribution < 1.29 is 14.7 Å². The van der Waals surface area contributed by atoms with Crippen molar-refractivity contribution in [2.24, 2.45) is 11.7 Å². The number of nitrogens with two attached hydrogens (primary N) is 1. The minimum atomic E-state index is -0.454. The van der Waals surface area contributed by atoms with E-state index in [-0.39, 0.29) is 17.6 Å². The van der Waals surface area contributed by atoms with Crippen LogP contribution in [0.4, 0.5) is 4.79 Å². The minimum absolute atomic E-state index is 0.00310. The van der Waals surface area contributed by atoms with Gasteiger partial charge >= 0.3 is 6.03 Å². The number of likely N-dealkylation sites (tertiary alicyclic amines) is 1. The number of carbonyl (C=O) groups is 2. The highest BCUT2D eigenvalue weighted by molar-refractivity contribution is 5.80. The fourth-order valence-corrected chi connectivity index (χ4v) is 2.70. The minimum Gasteiger partial charge on any atom is -0.508 e. The van der Waals surface area contributed by atoms with Gasteiger partial charge in [0, 0.05) is 19.6 Å². The molecule has 22 heavy (non-hydrogen) atoms. The van der Waals surface area contributed by atoms with Crippen molar-refractivity contribution in [3.8, 4) is 5.75 Å². The third kappa shape index (κ3) is 4.65. The number of carbonyl (C=O) groups excluding carboxylic acids is 2. The molecule has 0 bridgehead atoms. The number of phenols is 1. The van der Waals surface area contributed by atoms with Crippen molar-refractivity contribution >= 4 is 11.9 Å². The highest BCUT2D eigenvalue weighted by Gasteiger charge is 2.26. The lowest BCUT2D eigenvalue weighted by molar-refractivity contribution is -0.126. The Morgan fingerprint density at radius 2 is 2.05 bits per heavy atom. The third-order valence-electron chi connectivity index (χ3n) is 3.98. The highest BCUT2D eigenvalue weighted by Crippen LogP contribution is 2.16. The van der Waals surface area contributed by atoms with Gasteiger partial charge in [0.2, 0.25) is 5.91 Å². The maximum atomic E-state index is 12.1. The summed E-state index contributed by atoms with van der Waals surface area (Å²) < 4.78 is 0. The fourth-order valence-electron chi connectivity index (χ4n) is 2.70. The Hall–Kier alpha value is -2.24. The van der Waals surface area contributed by atoms with E-state index < -0.39 is 6.03 Å². The molecule has 0 spiro atoms. The van der Waals surface area contributed by atoms with Crippen LogP contribution in [0.1, 0.15) is 24.8 Å². The van der Waals surface area contributed by atoms with Gasteiger partial charge in [-0.1, -0.05) is 12.1 Å². The molecule has 0 unspecified atom stereocenters. The lowest BCUT2D eigenvalue weighted by atomic mass is 9.97. The quantitative estimate of drug-likeness (QED) is 0.714. The Morgan fingerprint density at radius 1 is 1.32 bits per heavy atom. The number of urea groups is 1. The molecule has 0 aromatic heterocycles. The summed E-state index contributed by atoms with van der Waals surface area (Å²) in [4.78, 5) is 24.8. The fraction of sp³-hybridized carbons (Fsp3) is 0.500. The Kier molecular flexibility index (Phi) is 5.63. The van der Waals surface area contributed by atoms with E-state index in [4.69, 9.17) is 5.73 Å². The van der Waals surface area contributed by atoms with E-state index in [1.807, 2.05) is 12.1 Å². The summed E-state index contributed by atoms with van der Waals surface area (Å²) in [7, 11) is 0. The standard InChI is InChI=1S/C16H23N3O3/c17-16(22)19-10-2-4-13(11-19)15(21)18-9-1-3-12-5-7-14(20)8-6-12/h5-8,13,20H,1-4,9-11H2,(H2,17,22)(H,18,21)/t13-/m0/s1. The van der Waals surface area contributed by atoms with Crippen LogP contribution in [0, 0.1) is 5.92 Å². The molecular formula is C16H23N3O3. The van der Waals surface area contributed by atoms with E-state index in [0.29, 0.717) is 19.6 Å². The highest BCUT2D eigenvalue weighted by atomic mass is 16.3. The summed E-state index contributed by atoms with van der Waals surface area (Å²) in [5.41, 5.74) is 6.39. The molecule has 1 aromatic rings. The topological polar surface area (TPSA) is 95.7 Å². The van der Waals surface area contributed by atoms with E-state index in [1.54, 1.807) is 12.1 Å². The zero-order chi connectivity index (χ0) is 15.9. The van der Waals surface area contributed by atoms with Crippen molar-refractivity contribution in [1.29, 1.82) is 0 Å². The summed E-state index contributed by atoms with van der Waals surface area (Å²) in [6, 6.07) is 6.62. The molecule has 2 rings (SSSR count). The van der Waals surface area contributed by atoms with E-state index in [2.05, 4.69) is 5.32 Å². The molecular weight excluding hydrogens is 282 g/mol. The molecule has 3 amide bonds. The first-order valence-corrected chi connectivity index (χ1v) is 7.66. The second-order valence-electron chi connectivity index (χ2n) is 5.68. The zero-order valence-electron chi connectivity index (χ0n) is 12.6. The normalized spacial score (nSPS) is 18.0. The summed E-state index contributed by atoms with van der Waals surface area (Å²) in [5.74, 6) is 0.0972. The number of benzene rings is 1. The van der Waals surface area contributed by atoms with Gasteiger partial charge in [0.25, 0.3) is 0 Å². The molecule has 1 fully saturated rings. The van der Waals surface area contributed by atoms with Crippen molar-refractivity contribution in [2.45, 2.75) is 25.7 Å². The number of rotatable bonds is 5. The molecule has 1 saturated heterocycles. The monoisotopic (exact) mass is 305 g/mol. The van der Waals surface area contributed by atoms with Crippen molar-refractivity contribution in [3.05, 3.63) is 29.8 Å². The second-order valence-corrected chi connectivity index (χ2v) is 5.68. The molecule has 1 heterocycles. The Bertz CT molecular complexity index is 516. The van der Waals surface area contributed by atoms with Gasteiger partial charge in [0.1, 0.15) is 5.75 Å². The van der Waals surface area contributed by atoms with Gasteiger partial charge in [-0.05, 0) is 43.4 Å². The van der Waals surface area contributed by atoms with E-state index in [0.717, 1.165) is 31.2 Å². The number of amides is 3. The average molecular weight is 305 g/mol. The maximum absolute atomic E-state index is 12.1. The lowest BCUT2D eigenvalue weighted by Crippen LogP contribution is -2.47. The van der Waals surface area contributed by atoms with Crippen LogP contribution in [-0.2, 0) is 11.2 Å². The molecule has 1 atom stereocenters. The first-order valence-electron chi connectivity index (χ1n) is 7.66. The predicted octanol–water partition coefficient (Wildman–Crippen LogP) is 1.23. The van der Waals surface area contributed by atoms with Crippen molar-refractivity contribution in [2.75, 3.05) is 19.6 Å². The number of hydrogen-bond acceptors (Lipinski definition) is 3. The van der Waals surface area contributed by atoms with Gasteiger partial charge in [-0.3, -0.25) is 4.79 Å². The largest absolute Gasteiger partial charge is 0.508 e. The Morgan fingerprint density at radius 3 is 2.73 bits per heavy atom. The zero-order valence-corrected chi connectivity index (χ0v) is 12.6. The summed E-state index contributed by atoms with van der Waals surface area (Å²) in [6.07, 6.45) is 3.30. The van der Waals surface area contributed by atoms with Gasteiger partial charge < -0.3 is 21.1 Å². The van der Waals surface area contributed by atoms with Crippen molar-refractivity contribution in [1.82, 2.24) is 10.2 Å². The van der Waals surface area contributed by atoms with E-state index in [1.165, 1.54) is 4.90 Å². The molecule has 0 radical (unpaired) electrons. The van der Waals surface area contributed by atoms with Crippen LogP contribution in [0.25, 0.3) is 0 Å². The Balaban J connectivity index is 1.69. The van der Waals surface area contributed by atoms with Gasteiger partial charge in [-0.25, -0.2) is 4.79 Å². The molecule has 6 nitrogen and oxygen atoms in total. The number of nitrogens with one attached hydrogen (secondary N) is 1. The molecule has 120 valence electrons. The maximum Gasteiger partial charge on any atom is 0.314 e. The van der Waals surface area contributed by atoms with Crippen LogP contribution in [0.2, 0.25) is 0 Å². The summed E-state index contributed by atoms with van der Waals surface area (Å²) in [6.45, 7) is 1.66. The van der Waals surface area contributed by atoms with Crippen LogP contribution in [0.3, 0.4) is 0 Å². The van der Waals surface area contributed by atoms with Gasteiger partial charge in [-0.2, -0.15) is 0 Å². The van der Waals surface area contributed by atoms with Crippen LogP contribution in [-0.4, -0.2) is 41.6 Å². The smallest absolute Gasteiger partial charge is 0.314 e. The number of primary amides is 1. The number of nitrogens with zero attached hydrogens (tertiary/aromatic N) is 1. The second kappa shape index (κ2) is 7.68. The molecule has 1 aromatic carbocycles. The van der Waals surface area contributed by atoms with Crippen LogP contribution < -0.4 is 11.1 Å². The number of hydrogen-bond donors (Lipinski definition) is 3. The summed E-state index contributed by atoms with van der Waals surface area (Å²) >= 11 is 0. The van der Waals surface area contributed by atoms with Crippen LogP contribution in [0.5, 0.6) is 5.75 Å². The summed E-state index contributed by atoms with van der Waals surface area (Å²) in [5, 5.41) is 12.1. The predicted molar refractivity (Wildman–Crippen MR) is 83.3 cm³/mol. The van der Waals surface area contributed by atoms with Crippen LogP contribution >= 0.6 is 0 Å². The third-order valence-corrected chi connectivity index (χ3v) is 3.98. The molecule has 0 saturated carbocycles.